The summed E-state index contributed by atoms with van der Waals surface area (Å²) in [5.74, 6) is -1.31. The lowest BCUT2D eigenvalue weighted by molar-refractivity contribution is -0.141. The van der Waals surface area contributed by atoms with Crippen molar-refractivity contribution in [2.24, 2.45) is 5.92 Å². The molecule has 0 aromatic heterocycles. The molecule has 7 heteroatoms. The van der Waals surface area contributed by atoms with E-state index in [0.29, 0.717) is 12.8 Å². The molecule has 0 radical (unpaired) electrons. The number of urea groups is 1. The van der Waals surface area contributed by atoms with Crippen molar-refractivity contribution in [2.75, 3.05) is 27.7 Å². The van der Waals surface area contributed by atoms with Crippen molar-refractivity contribution >= 4 is 17.9 Å². The van der Waals surface area contributed by atoms with E-state index in [1.165, 1.54) is 9.80 Å². The molecule has 2 N–H and O–H groups in total. The molecule has 21 heavy (non-hydrogen) atoms. The Kier molecular flexibility index (Phi) is 8.42. The van der Waals surface area contributed by atoms with Crippen molar-refractivity contribution in [3.05, 3.63) is 0 Å². The predicted octanol–water partition coefficient (Wildman–Crippen LogP) is 0.996. The molecule has 2 unspecified atom stereocenters. The lowest BCUT2D eigenvalue weighted by Crippen LogP contribution is -2.45. The normalized spacial score (nSPS) is 13.2. The van der Waals surface area contributed by atoms with Crippen LogP contribution in [0.3, 0.4) is 0 Å². The number of hydrogen-bond acceptors (Lipinski definition) is 3. The Morgan fingerprint density at radius 3 is 2.14 bits per heavy atom. The second-order valence-corrected chi connectivity index (χ2v) is 5.66. The number of nitrogens with one attached hydrogen (secondary N) is 1. The Hall–Kier alpha value is -1.79. The quantitative estimate of drug-likeness (QED) is 0.699. The summed E-state index contributed by atoms with van der Waals surface area (Å²) >= 11 is 0. The van der Waals surface area contributed by atoms with Crippen LogP contribution in [0.4, 0.5) is 4.79 Å². The highest BCUT2D eigenvalue weighted by Gasteiger charge is 2.16. The predicted molar refractivity (Wildman–Crippen MR) is 80.0 cm³/mol. The van der Waals surface area contributed by atoms with Gasteiger partial charge < -0.3 is 20.2 Å². The fourth-order valence-corrected chi connectivity index (χ4v) is 1.66. The average molecular weight is 301 g/mol. The van der Waals surface area contributed by atoms with E-state index < -0.39 is 5.97 Å². The third-order valence-electron chi connectivity index (χ3n) is 3.28. The Balaban J connectivity index is 4.03. The van der Waals surface area contributed by atoms with E-state index in [2.05, 4.69) is 5.32 Å². The van der Waals surface area contributed by atoms with Crippen molar-refractivity contribution < 1.29 is 19.5 Å². The van der Waals surface area contributed by atoms with Gasteiger partial charge in [0, 0.05) is 27.2 Å². The molecule has 0 aliphatic rings. The maximum Gasteiger partial charge on any atom is 0.317 e. The van der Waals surface area contributed by atoms with Crippen LogP contribution in [0.2, 0.25) is 0 Å². The van der Waals surface area contributed by atoms with Crippen LogP contribution in [0.15, 0.2) is 0 Å². The van der Waals surface area contributed by atoms with Gasteiger partial charge in [-0.2, -0.15) is 0 Å². The summed E-state index contributed by atoms with van der Waals surface area (Å²) in [6.07, 6.45) is 2.03. The minimum atomic E-state index is -0.798. The maximum absolute atomic E-state index is 11.9. The number of likely N-dealkylation sites (N-methyl/N-ethyl adjacent to an activating group) is 2. The highest BCUT2D eigenvalue weighted by Crippen LogP contribution is 2.09. The van der Waals surface area contributed by atoms with E-state index >= 15 is 0 Å². The molecule has 3 amide bonds. The third-order valence-corrected chi connectivity index (χ3v) is 3.28. The van der Waals surface area contributed by atoms with Gasteiger partial charge in [-0.05, 0) is 19.8 Å². The van der Waals surface area contributed by atoms with Crippen LogP contribution >= 0.6 is 0 Å². The zero-order chi connectivity index (χ0) is 16.6. The van der Waals surface area contributed by atoms with Gasteiger partial charge >= 0.3 is 12.0 Å². The number of carbonyl (C=O) groups excluding carboxylic acids is 2. The van der Waals surface area contributed by atoms with Gasteiger partial charge in [-0.1, -0.05) is 13.3 Å². The first-order chi connectivity index (χ1) is 9.65. The second-order valence-electron chi connectivity index (χ2n) is 5.66. The molecule has 0 fully saturated rings. The summed E-state index contributed by atoms with van der Waals surface area (Å²) in [7, 11) is 4.84. The summed E-state index contributed by atoms with van der Waals surface area (Å²) in [5, 5.41) is 11.6. The van der Waals surface area contributed by atoms with Crippen LogP contribution in [-0.2, 0) is 9.59 Å². The lowest BCUT2D eigenvalue weighted by atomic mass is 10.0. The zero-order valence-corrected chi connectivity index (χ0v) is 13.5. The Morgan fingerprint density at radius 1 is 1.10 bits per heavy atom. The van der Waals surface area contributed by atoms with Gasteiger partial charge in [-0.3, -0.25) is 9.59 Å². The van der Waals surface area contributed by atoms with Gasteiger partial charge in [0.2, 0.25) is 5.91 Å². The van der Waals surface area contributed by atoms with E-state index in [4.69, 9.17) is 5.11 Å². The molecule has 122 valence electrons. The van der Waals surface area contributed by atoms with Crippen LogP contribution in [0.5, 0.6) is 0 Å². The number of hydrogen-bond donors (Lipinski definition) is 2. The van der Waals surface area contributed by atoms with E-state index in [1.54, 1.807) is 28.1 Å². The number of rotatable bonds is 8. The maximum atomic E-state index is 11.9. The lowest BCUT2D eigenvalue weighted by Gasteiger charge is -2.22. The Bertz CT molecular complexity index is 371. The molecule has 7 nitrogen and oxygen atoms in total. The highest BCUT2D eigenvalue weighted by atomic mass is 16.4. The van der Waals surface area contributed by atoms with Crippen LogP contribution in [0, 0.1) is 5.92 Å². The second kappa shape index (κ2) is 9.20. The highest BCUT2D eigenvalue weighted by molar-refractivity contribution is 5.83. The number of carboxylic acid groups (broad SMARTS) is 1. The monoisotopic (exact) mass is 301 g/mol. The number of aliphatic carboxylic acids is 1. The zero-order valence-electron chi connectivity index (χ0n) is 13.5. The van der Waals surface area contributed by atoms with Crippen molar-refractivity contribution in [2.45, 2.75) is 39.2 Å². The molecular weight excluding hydrogens is 274 g/mol. The molecule has 0 rings (SSSR count). The fraction of sp³-hybridized carbons (Fsp3) is 0.786. The number of carboxylic acids is 1. The van der Waals surface area contributed by atoms with Crippen LogP contribution in [-0.4, -0.2) is 66.5 Å². The minimum Gasteiger partial charge on any atom is -0.481 e. The molecule has 0 aliphatic heterocycles. The number of amides is 3. The summed E-state index contributed by atoms with van der Waals surface area (Å²) in [4.78, 5) is 36.8. The summed E-state index contributed by atoms with van der Waals surface area (Å²) in [6.45, 7) is 3.57. The minimum absolute atomic E-state index is 0.0294. The Labute approximate surface area is 126 Å². The smallest absolute Gasteiger partial charge is 0.317 e. The molecule has 0 saturated carbocycles. The third kappa shape index (κ3) is 8.16. The molecular formula is C14H27N3O4. The molecule has 0 heterocycles. The number of carbonyl (C=O) groups is 3. The molecule has 0 aliphatic carbocycles. The largest absolute Gasteiger partial charge is 0.481 e. The van der Waals surface area contributed by atoms with Crippen LogP contribution in [0.1, 0.15) is 33.1 Å². The van der Waals surface area contributed by atoms with E-state index in [0.717, 1.165) is 6.42 Å². The molecule has 2 atom stereocenters. The number of nitrogens with zero attached hydrogens (tertiary/aromatic N) is 2. The van der Waals surface area contributed by atoms with E-state index in [-0.39, 0.29) is 30.4 Å². The molecule has 0 aromatic rings. The van der Waals surface area contributed by atoms with Gasteiger partial charge in [0.25, 0.3) is 0 Å². The standard InChI is InChI=1S/C14H27N3O4/c1-10(13(19)20)7-6-8-11(2)15-14(21)17(5)9-12(18)16(3)4/h10-11H,6-9H2,1-5H3,(H,15,21)(H,19,20). The molecule has 0 spiro atoms. The summed E-state index contributed by atoms with van der Waals surface area (Å²) < 4.78 is 0. The summed E-state index contributed by atoms with van der Waals surface area (Å²) in [6, 6.07) is -0.362. The Morgan fingerprint density at radius 2 is 1.67 bits per heavy atom. The molecule has 0 bridgehead atoms. The van der Waals surface area contributed by atoms with Crippen molar-refractivity contribution in [3.63, 3.8) is 0 Å². The SMILES string of the molecule is CC(CCCC(C)C(=O)O)NC(=O)N(C)CC(=O)N(C)C. The van der Waals surface area contributed by atoms with E-state index in [1.807, 2.05) is 6.92 Å². The van der Waals surface area contributed by atoms with Crippen LogP contribution in [0.25, 0.3) is 0 Å². The average Bonchev–Trinajstić information content (AvgIpc) is 2.37. The van der Waals surface area contributed by atoms with Crippen molar-refractivity contribution in [1.29, 1.82) is 0 Å². The van der Waals surface area contributed by atoms with Gasteiger partial charge in [-0.25, -0.2) is 4.79 Å². The summed E-state index contributed by atoms with van der Waals surface area (Å²) in [5.41, 5.74) is 0. The van der Waals surface area contributed by atoms with Crippen LogP contribution < -0.4 is 5.32 Å². The molecule has 0 aromatic carbocycles. The van der Waals surface area contributed by atoms with Crippen molar-refractivity contribution in [3.8, 4) is 0 Å². The van der Waals surface area contributed by atoms with Crippen molar-refractivity contribution in [1.82, 2.24) is 15.1 Å². The first kappa shape index (κ1) is 19.2. The van der Waals surface area contributed by atoms with E-state index in [9.17, 15) is 14.4 Å². The van der Waals surface area contributed by atoms with Gasteiger partial charge in [-0.15, -0.1) is 0 Å². The fourth-order valence-electron chi connectivity index (χ4n) is 1.66. The topological polar surface area (TPSA) is 90.0 Å². The molecule has 0 saturated heterocycles. The van der Waals surface area contributed by atoms with Gasteiger partial charge in [0.1, 0.15) is 6.54 Å². The first-order valence-electron chi connectivity index (χ1n) is 7.09. The van der Waals surface area contributed by atoms with Gasteiger partial charge in [0.05, 0.1) is 5.92 Å². The first-order valence-corrected chi connectivity index (χ1v) is 7.09. The van der Waals surface area contributed by atoms with Gasteiger partial charge in [0.15, 0.2) is 0 Å².